The minimum absolute atomic E-state index is 0.799. The van der Waals surface area contributed by atoms with Crippen molar-refractivity contribution in [1.82, 2.24) is 9.97 Å². The van der Waals surface area contributed by atoms with Crippen LogP contribution < -0.4 is 10.2 Å². The quantitative estimate of drug-likeness (QED) is 0.858. The molecule has 0 amide bonds. The molecule has 106 valence electrons. The van der Waals surface area contributed by atoms with E-state index in [1.165, 1.54) is 0 Å². The number of anilines is 3. The van der Waals surface area contributed by atoms with Crippen LogP contribution in [0.4, 0.5) is 17.3 Å². The number of para-hydroxylation sites is 1. The largest absolute Gasteiger partial charge is 0.372 e. The number of hydrogen-bond donors (Lipinski definition) is 1. The van der Waals surface area contributed by atoms with Gasteiger partial charge in [-0.15, -0.1) is 0 Å². The molecule has 0 unspecified atom stereocenters. The molecule has 0 aliphatic carbocycles. The van der Waals surface area contributed by atoms with Gasteiger partial charge in [0.05, 0.1) is 0 Å². The summed E-state index contributed by atoms with van der Waals surface area (Å²) in [6, 6.07) is 10.3. The highest BCUT2D eigenvalue weighted by atomic mass is 79.9. The lowest BCUT2D eigenvalue weighted by Gasteiger charge is -2.25. The van der Waals surface area contributed by atoms with Crippen LogP contribution >= 0.6 is 15.9 Å². The lowest BCUT2D eigenvalue weighted by molar-refractivity contribution is 0.777. The predicted molar refractivity (Wildman–Crippen MR) is 87.6 cm³/mol. The zero-order valence-corrected chi connectivity index (χ0v) is 13.4. The first-order chi connectivity index (χ1) is 9.77. The zero-order valence-electron chi connectivity index (χ0n) is 11.8. The standard InChI is InChI=1S/C15H19BrN4/c1-3-4-10-20(12-8-6-5-7-9-12)15-13(16)14(17-2)18-11-19-15/h5-9,11H,3-4,10H2,1-2H3,(H,17,18,19). The Labute approximate surface area is 128 Å². The van der Waals surface area contributed by atoms with Crippen LogP contribution in [0.15, 0.2) is 41.1 Å². The topological polar surface area (TPSA) is 41.1 Å². The van der Waals surface area contributed by atoms with Gasteiger partial charge in [0.15, 0.2) is 5.82 Å². The molecule has 1 N–H and O–H groups in total. The smallest absolute Gasteiger partial charge is 0.152 e. The first-order valence-electron chi connectivity index (χ1n) is 6.78. The molecule has 0 aliphatic rings. The lowest BCUT2D eigenvalue weighted by atomic mass is 10.2. The Bertz CT molecular complexity index is 545. The van der Waals surface area contributed by atoms with Crippen LogP contribution in [-0.4, -0.2) is 23.6 Å². The minimum atomic E-state index is 0.799. The van der Waals surface area contributed by atoms with E-state index in [4.69, 9.17) is 0 Å². The Morgan fingerprint density at radius 3 is 2.60 bits per heavy atom. The summed E-state index contributed by atoms with van der Waals surface area (Å²) in [4.78, 5) is 10.9. The van der Waals surface area contributed by atoms with Crippen molar-refractivity contribution < 1.29 is 0 Å². The van der Waals surface area contributed by atoms with E-state index in [2.05, 4.69) is 55.2 Å². The Balaban J connectivity index is 2.41. The summed E-state index contributed by atoms with van der Waals surface area (Å²) in [6.45, 7) is 3.12. The molecule has 1 heterocycles. The molecule has 0 saturated heterocycles. The summed E-state index contributed by atoms with van der Waals surface area (Å²) in [7, 11) is 1.86. The molecular weight excluding hydrogens is 316 g/mol. The van der Waals surface area contributed by atoms with Crippen LogP contribution in [0, 0.1) is 0 Å². The normalized spacial score (nSPS) is 10.3. The van der Waals surface area contributed by atoms with Crippen LogP contribution in [0.5, 0.6) is 0 Å². The van der Waals surface area contributed by atoms with E-state index in [9.17, 15) is 0 Å². The SMILES string of the molecule is CCCCN(c1ccccc1)c1ncnc(NC)c1Br. The van der Waals surface area contributed by atoms with Crippen molar-refractivity contribution in [3.05, 3.63) is 41.1 Å². The number of hydrogen-bond acceptors (Lipinski definition) is 4. The second kappa shape index (κ2) is 7.24. The molecule has 1 aromatic carbocycles. The number of halogens is 1. The molecular formula is C15H19BrN4. The van der Waals surface area contributed by atoms with E-state index in [-0.39, 0.29) is 0 Å². The summed E-state index contributed by atoms with van der Waals surface area (Å²) < 4.78 is 0.891. The lowest BCUT2D eigenvalue weighted by Crippen LogP contribution is -2.20. The van der Waals surface area contributed by atoms with Crippen molar-refractivity contribution in [2.24, 2.45) is 0 Å². The van der Waals surface area contributed by atoms with Gasteiger partial charge >= 0.3 is 0 Å². The maximum atomic E-state index is 4.44. The fraction of sp³-hybridized carbons (Fsp3) is 0.333. The van der Waals surface area contributed by atoms with Crippen molar-refractivity contribution in [3.63, 3.8) is 0 Å². The third kappa shape index (κ3) is 3.28. The monoisotopic (exact) mass is 334 g/mol. The molecule has 2 rings (SSSR count). The van der Waals surface area contributed by atoms with Crippen molar-refractivity contribution in [2.75, 3.05) is 23.8 Å². The van der Waals surface area contributed by atoms with E-state index in [1.807, 2.05) is 25.2 Å². The molecule has 0 spiro atoms. The summed E-state index contributed by atoms with van der Waals surface area (Å²) in [6.07, 6.45) is 3.85. The van der Waals surface area contributed by atoms with Crippen molar-refractivity contribution in [2.45, 2.75) is 19.8 Å². The number of rotatable bonds is 6. The molecule has 0 bridgehead atoms. The second-order valence-electron chi connectivity index (χ2n) is 4.45. The molecule has 20 heavy (non-hydrogen) atoms. The highest BCUT2D eigenvalue weighted by molar-refractivity contribution is 9.10. The maximum Gasteiger partial charge on any atom is 0.152 e. The average Bonchev–Trinajstić information content (AvgIpc) is 2.50. The van der Waals surface area contributed by atoms with Crippen molar-refractivity contribution >= 4 is 33.3 Å². The molecule has 0 saturated carbocycles. The van der Waals surface area contributed by atoms with Crippen LogP contribution in [0.3, 0.4) is 0 Å². The fourth-order valence-corrected chi connectivity index (χ4v) is 2.62. The van der Waals surface area contributed by atoms with Crippen LogP contribution in [-0.2, 0) is 0 Å². The third-order valence-corrected chi connectivity index (χ3v) is 3.80. The van der Waals surface area contributed by atoms with Gasteiger partial charge in [-0.2, -0.15) is 0 Å². The number of nitrogens with one attached hydrogen (secondary N) is 1. The molecule has 4 nitrogen and oxygen atoms in total. The van der Waals surface area contributed by atoms with Gasteiger partial charge in [0.2, 0.25) is 0 Å². The first kappa shape index (κ1) is 14.8. The van der Waals surface area contributed by atoms with Crippen LogP contribution in [0.1, 0.15) is 19.8 Å². The number of benzene rings is 1. The van der Waals surface area contributed by atoms with E-state index in [0.717, 1.165) is 41.2 Å². The molecule has 2 aromatic rings. The van der Waals surface area contributed by atoms with Gasteiger partial charge < -0.3 is 10.2 Å². The highest BCUT2D eigenvalue weighted by Gasteiger charge is 2.16. The second-order valence-corrected chi connectivity index (χ2v) is 5.24. The van der Waals surface area contributed by atoms with Gasteiger partial charge in [0.25, 0.3) is 0 Å². The fourth-order valence-electron chi connectivity index (χ4n) is 2.00. The van der Waals surface area contributed by atoms with Gasteiger partial charge in [-0.3, -0.25) is 0 Å². The molecule has 0 radical (unpaired) electrons. The Morgan fingerprint density at radius 1 is 1.20 bits per heavy atom. The number of nitrogens with zero attached hydrogens (tertiary/aromatic N) is 3. The van der Waals surface area contributed by atoms with E-state index in [0.29, 0.717) is 0 Å². The number of aromatic nitrogens is 2. The van der Waals surface area contributed by atoms with Crippen LogP contribution in [0.2, 0.25) is 0 Å². The zero-order chi connectivity index (χ0) is 14.4. The van der Waals surface area contributed by atoms with E-state index < -0.39 is 0 Å². The van der Waals surface area contributed by atoms with Crippen molar-refractivity contribution in [3.8, 4) is 0 Å². The third-order valence-electron chi connectivity index (χ3n) is 3.07. The van der Waals surface area contributed by atoms with Crippen molar-refractivity contribution in [1.29, 1.82) is 0 Å². The van der Waals surface area contributed by atoms with Gasteiger partial charge in [-0.1, -0.05) is 31.5 Å². The van der Waals surface area contributed by atoms with Gasteiger partial charge in [0, 0.05) is 19.3 Å². The summed E-state index contributed by atoms with van der Waals surface area (Å²) in [5.74, 6) is 1.69. The van der Waals surface area contributed by atoms with Gasteiger partial charge in [-0.05, 0) is 34.5 Å². The van der Waals surface area contributed by atoms with Gasteiger partial charge in [-0.25, -0.2) is 9.97 Å². The number of unbranched alkanes of at least 4 members (excludes halogenated alkanes) is 1. The van der Waals surface area contributed by atoms with Gasteiger partial charge in [0.1, 0.15) is 16.6 Å². The molecule has 5 heteroatoms. The molecule has 0 fully saturated rings. The van der Waals surface area contributed by atoms with Crippen LogP contribution in [0.25, 0.3) is 0 Å². The van der Waals surface area contributed by atoms with E-state index in [1.54, 1.807) is 6.33 Å². The Morgan fingerprint density at radius 2 is 1.95 bits per heavy atom. The summed E-state index contributed by atoms with van der Waals surface area (Å²) in [5, 5.41) is 3.07. The first-order valence-corrected chi connectivity index (χ1v) is 7.58. The minimum Gasteiger partial charge on any atom is -0.372 e. The summed E-state index contributed by atoms with van der Waals surface area (Å²) >= 11 is 3.60. The summed E-state index contributed by atoms with van der Waals surface area (Å²) in [5.41, 5.74) is 1.14. The Hall–Kier alpha value is -1.62. The average molecular weight is 335 g/mol. The van der Waals surface area contributed by atoms with E-state index >= 15 is 0 Å². The molecule has 0 aliphatic heterocycles. The maximum absolute atomic E-state index is 4.44. The molecule has 0 atom stereocenters. The Kier molecular flexibility index (Phi) is 5.35. The molecule has 1 aromatic heterocycles. The predicted octanol–water partition coefficient (Wildman–Crippen LogP) is 4.22. The highest BCUT2D eigenvalue weighted by Crippen LogP contribution is 2.33.